The minimum Gasteiger partial charge on any atom is -0.394 e. The molecule has 0 amide bonds. The van der Waals surface area contributed by atoms with Crippen molar-refractivity contribution in [3.63, 3.8) is 0 Å². The molecule has 2 saturated carbocycles. The SMILES string of the molecule is C[C@H](CC[C@H](O)C(C)(C)O[C@@H]1O[C@H](CO)[C@@H](O)[C@H](O)[C@H]1O)[C@H]1CC[C@@]2(C)[C@H]3C(=CC[C@]12C)C[C@]12O[C@@H]3C[C@H]1C(C)(C)[C@H](O)C[C@@H]2O. The van der Waals surface area contributed by atoms with Crippen LogP contribution in [0.25, 0.3) is 0 Å². The second kappa shape index (κ2) is 11.7. The van der Waals surface area contributed by atoms with Crippen molar-refractivity contribution in [2.45, 2.75) is 166 Å². The summed E-state index contributed by atoms with van der Waals surface area (Å²) in [5.74, 6) is 1.17. The molecule has 6 aliphatic rings. The third-order valence-corrected chi connectivity index (χ3v) is 14.7. The van der Waals surface area contributed by atoms with Crippen molar-refractivity contribution in [3.05, 3.63) is 11.6 Å². The Kier molecular flexibility index (Phi) is 8.95. The molecule has 3 saturated heterocycles. The summed E-state index contributed by atoms with van der Waals surface area (Å²) in [4.78, 5) is 0. The number of ether oxygens (including phenoxy) is 3. The van der Waals surface area contributed by atoms with Gasteiger partial charge in [-0.25, -0.2) is 0 Å². The molecule has 10 nitrogen and oxygen atoms in total. The van der Waals surface area contributed by atoms with Gasteiger partial charge in [0, 0.05) is 24.7 Å². The fourth-order valence-electron chi connectivity index (χ4n) is 11.4. The Hall–Kier alpha value is -0.660. The van der Waals surface area contributed by atoms with Crippen molar-refractivity contribution < 1.29 is 50.0 Å². The Bertz CT molecular complexity index is 1170. The number of aliphatic hydroxyl groups excluding tert-OH is 7. The van der Waals surface area contributed by atoms with E-state index in [1.54, 1.807) is 13.8 Å². The van der Waals surface area contributed by atoms with E-state index < -0.39 is 66.8 Å². The van der Waals surface area contributed by atoms with Crippen LogP contribution >= 0.6 is 0 Å². The highest BCUT2D eigenvalue weighted by Gasteiger charge is 2.71. The Morgan fingerprint density at radius 1 is 0.957 bits per heavy atom. The van der Waals surface area contributed by atoms with E-state index in [-0.39, 0.29) is 34.2 Å². The highest BCUT2D eigenvalue weighted by molar-refractivity contribution is 5.33. The van der Waals surface area contributed by atoms with Gasteiger partial charge in [0.05, 0.1) is 36.6 Å². The van der Waals surface area contributed by atoms with Gasteiger partial charge in [0.15, 0.2) is 6.29 Å². The normalized spacial score (nSPS) is 51.1. The topological polar surface area (TPSA) is 169 Å². The molecule has 3 aliphatic carbocycles. The third-order valence-electron chi connectivity index (χ3n) is 14.7. The number of fused-ring (bicyclic) bond motifs is 5. The first-order valence-electron chi connectivity index (χ1n) is 17.7. The predicted octanol–water partition coefficient (Wildman–Crippen LogP) is 2.43. The van der Waals surface area contributed by atoms with Gasteiger partial charge in [-0.2, -0.15) is 0 Å². The zero-order valence-electron chi connectivity index (χ0n) is 28.8. The number of rotatable bonds is 8. The molecule has 16 atom stereocenters. The lowest BCUT2D eigenvalue weighted by Gasteiger charge is -2.59. The summed E-state index contributed by atoms with van der Waals surface area (Å²) < 4.78 is 18.5. The summed E-state index contributed by atoms with van der Waals surface area (Å²) in [6, 6.07) is 0. The molecule has 264 valence electrons. The van der Waals surface area contributed by atoms with Crippen molar-refractivity contribution in [2.24, 2.45) is 39.9 Å². The van der Waals surface area contributed by atoms with E-state index in [0.29, 0.717) is 24.7 Å². The Morgan fingerprint density at radius 2 is 1.65 bits per heavy atom. The summed E-state index contributed by atoms with van der Waals surface area (Å²) in [5.41, 5.74) is -0.520. The average Bonchev–Trinajstić information content (AvgIpc) is 3.46. The lowest BCUT2D eigenvalue weighted by atomic mass is 9.50. The standard InChI is InChI=1S/C36H60O10/c1-18(8-9-24(38)33(4,5)46-31-30(43)29(42)28(41)22(17-37)44-31)20-11-13-35(7)27-19(10-12-34(20,35)6)16-36-23(14-21(27)45-36)32(2,3)25(39)15-26(36)40/h10,18,20-31,37-43H,8-9,11-17H2,1-7H3/t18-,20-,21-,22-,23+,24+,25-,26+,27+,28-,29+,30-,31+,34-,35+,36+/m1/s1. The van der Waals surface area contributed by atoms with E-state index in [0.717, 1.165) is 38.5 Å². The van der Waals surface area contributed by atoms with Gasteiger partial charge in [0.1, 0.15) is 30.0 Å². The van der Waals surface area contributed by atoms with Crippen molar-refractivity contribution in [1.29, 1.82) is 0 Å². The fraction of sp³-hybridized carbons (Fsp3) is 0.944. The first-order chi connectivity index (χ1) is 21.3. The highest BCUT2D eigenvalue weighted by atomic mass is 16.7. The van der Waals surface area contributed by atoms with E-state index >= 15 is 0 Å². The molecule has 10 heteroatoms. The molecule has 3 heterocycles. The second-order valence-electron chi connectivity index (χ2n) is 17.6. The molecule has 3 aliphatic heterocycles. The van der Waals surface area contributed by atoms with E-state index in [2.05, 4.69) is 40.7 Å². The van der Waals surface area contributed by atoms with Crippen LogP contribution in [-0.4, -0.2) is 109 Å². The molecule has 0 unspecified atom stereocenters. The summed E-state index contributed by atoms with van der Waals surface area (Å²) in [6.45, 7) is 14.4. The molecule has 46 heavy (non-hydrogen) atoms. The summed E-state index contributed by atoms with van der Waals surface area (Å²) in [5, 5.41) is 73.8. The minimum absolute atomic E-state index is 0.0325. The molecule has 0 aromatic rings. The van der Waals surface area contributed by atoms with Crippen LogP contribution in [0.3, 0.4) is 0 Å². The molecule has 0 radical (unpaired) electrons. The maximum atomic E-state index is 11.3. The van der Waals surface area contributed by atoms with E-state index in [4.69, 9.17) is 14.2 Å². The van der Waals surface area contributed by atoms with Crippen LogP contribution in [0.4, 0.5) is 0 Å². The second-order valence-corrected chi connectivity index (χ2v) is 17.6. The van der Waals surface area contributed by atoms with Crippen LogP contribution in [0, 0.1) is 39.9 Å². The number of hydrogen-bond donors (Lipinski definition) is 7. The number of aliphatic hydroxyl groups is 7. The summed E-state index contributed by atoms with van der Waals surface area (Å²) in [6.07, 6.45) is -0.0864. The summed E-state index contributed by atoms with van der Waals surface area (Å²) >= 11 is 0. The molecule has 0 aromatic heterocycles. The van der Waals surface area contributed by atoms with Gasteiger partial charge in [0.2, 0.25) is 0 Å². The molecule has 2 bridgehead atoms. The lowest BCUT2D eigenvalue weighted by molar-refractivity contribution is -0.331. The molecular formula is C36H60O10. The molecule has 7 N–H and O–H groups in total. The zero-order valence-corrected chi connectivity index (χ0v) is 28.8. The van der Waals surface area contributed by atoms with Crippen LogP contribution in [-0.2, 0) is 14.2 Å². The average molecular weight is 653 g/mol. The number of hydrogen-bond acceptors (Lipinski definition) is 10. The Morgan fingerprint density at radius 3 is 2.33 bits per heavy atom. The van der Waals surface area contributed by atoms with Crippen LogP contribution in [0.2, 0.25) is 0 Å². The monoisotopic (exact) mass is 652 g/mol. The highest BCUT2D eigenvalue weighted by Crippen LogP contribution is 2.72. The minimum atomic E-state index is -1.54. The van der Waals surface area contributed by atoms with E-state index in [9.17, 15) is 35.7 Å². The zero-order chi connectivity index (χ0) is 33.8. The Balaban J connectivity index is 1.13. The van der Waals surface area contributed by atoms with E-state index in [1.165, 1.54) is 5.57 Å². The van der Waals surface area contributed by atoms with Gasteiger partial charge in [-0.15, -0.1) is 0 Å². The van der Waals surface area contributed by atoms with Crippen LogP contribution in [0.15, 0.2) is 11.6 Å². The number of allylic oxidation sites excluding steroid dienone is 1. The molecule has 6 rings (SSSR count). The van der Waals surface area contributed by atoms with Crippen molar-refractivity contribution in [2.75, 3.05) is 6.61 Å². The van der Waals surface area contributed by atoms with Gasteiger partial charge in [-0.3, -0.25) is 0 Å². The van der Waals surface area contributed by atoms with Crippen LogP contribution in [0.5, 0.6) is 0 Å². The van der Waals surface area contributed by atoms with Gasteiger partial charge < -0.3 is 50.0 Å². The van der Waals surface area contributed by atoms with E-state index in [1.807, 2.05) is 0 Å². The van der Waals surface area contributed by atoms with Crippen molar-refractivity contribution in [1.82, 2.24) is 0 Å². The van der Waals surface area contributed by atoms with Gasteiger partial charge in [0.25, 0.3) is 0 Å². The lowest BCUT2D eigenvalue weighted by Crippen LogP contribution is -2.62. The largest absolute Gasteiger partial charge is 0.394 e. The maximum absolute atomic E-state index is 11.3. The maximum Gasteiger partial charge on any atom is 0.187 e. The smallest absolute Gasteiger partial charge is 0.187 e. The van der Waals surface area contributed by atoms with Gasteiger partial charge in [-0.1, -0.05) is 46.3 Å². The van der Waals surface area contributed by atoms with Crippen LogP contribution < -0.4 is 0 Å². The molecule has 5 fully saturated rings. The fourth-order valence-corrected chi connectivity index (χ4v) is 11.4. The first kappa shape index (κ1) is 35.2. The molecular weight excluding hydrogens is 592 g/mol. The van der Waals surface area contributed by atoms with Crippen LogP contribution in [0.1, 0.15) is 99.8 Å². The van der Waals surface area contributed by atoms with Gasteiger partial charge in [-0.05, 0) is 80.5 Å². The van der Waals surface area contributed by atoms with Crippen molar-refractivity contribution >= 4 is 0 Å². The molecule has 0 aromatic carbocycles. The van der Waals surface area contributed by atoms with Gasteiger partial charge >= 0.3 is 0 Å². The summed E-state index contributed by atoms with van der Waals surface area (Å²) in [7, 11) is 0. The van der Waals surface area contributed by atoms with Crippen molar-refractivity contribution in [3.8, 4) is 0 Å². The third kappa shape index (κ3) is 5.03. The first-order valence-corrected chi connectivity index (χ1v) is 17.7. The quantitative estimate of drug-likeness (QED) is 0.193. The Labute approximate surface area is 274 Å². The predicted molar refractivity (Wildman–Crippen MR) is 169 cm³/mol. The molecule has 1 spiro atoms.